The average Bonchev–Trinajstić information content (AvgIpc) is 3.04. The van der Waals surface area contributed by atoms with E-state index in [2.05, 4.69) is 55.9 Å². The van der Waals surface area contributed by atoms with Crippen molar-refractivity contribution in [3.63, 3.8) is 0 Å². The Morgan fingerprint density at radius 2 is 1.77 bits per heavy atom. The highest BCUT2D eigenvalue weighted by atomic mass is 16.2. The number of carbonyl (C=O) groups excluding carboxylic acids is 1. The Morgan fingerprint density at radius 3 is 2.38 bits per heavy atom. The van der Waals surface area contributed by atoms with Crippen molar-refractivity contribution < 1.29 is 4.79 Å². The summed E-state index contributed by atoms with van der Waals surface area (Å²) in [4.78, 5) is 21.2. The number of aryl methyl sites for hydroxylation is 1. The number of piperazine rings is 1. The molecule has 1 aromatic carbocycles. The van der Waals surface area contributed by atoms with E-state index in [1.807, 2.05) is 33.2 Å². The Kier molecular flexibility index (Phi) is 5.32. The molecule has 0 atom stereocenters. The van der Waals surface area contributed by atoms with Crippen LogP contribution in [0.5, 0.6) is 0 Å². The third-order valence-corrected chi connectivity index (χ3v) is 4.47. The number of hydrogen-bond donors (Lipinski definition) is 1. The van der Waals surface area contributed by atoms with Gasteiger partial charge in [-0.2, -0.15) is 0 Å². The van der Waals surface area contributed by atoms with E-state index in [-0.39, 0.29) is 11.4 Å². The van der Waals surface area contributed by atoms with Crippen molar-refractivity contribution >= 4 is 11.9 Å². The highest BCUT2D eigenvalue weighted by Crippen LogP contribution is 2.20. The van der Waals surface area contributed by atoms with Crippen LogP contribution in [-0.2, 0) is 4.79 Å². The van der Waals surface area contributed by atoms with Gasteiger partial charge in [0.15, 0.2) is 0 Å². The van der Waals surface area contributed by atoms with Crippen LogP contribution in [0.2, 0.25) is 0 Å². The lowest BCUT2D eigenvalue weighted by molar-refractivity contribution is -0.123. The summed E-state index contributed by atoms with van der Waals surface area (Å²) in [5, 5.41) is 3.03. The molecule has 0 radical (unpaired) electrons. The Hall–Kier alpha value is -2.34. The van der Waals surface area contributed by atoms with E-state index < -0.39 is 0 Å². The van der Waals surface area contributed by atoms with Crippen molar-refractivity contribution in [3.8, 4) is 5.69 Å². The van der Waals surface area contributed by atoms with Gasteiger partial charge in [-0.15, -0.1) is 0 Å². The summed E-state index contributed by atoms with van der Waals surface area (Å²) in [5.41, 5.74) is 2.19. The van der Waals surface area contributed by atoms with E-state index in [1.165, 1.54) is 5.56 Å². The van der Waals surface area contributed by atoms with Gasteiger partial charge in [0, 0.05) is 49.8 Å². The zero-order chi connectivity index (χ0) is 18.7. The van der Waals surface area contributed by atoms with Gasteiger partial charge in [0.1, 0.15) is 0 Å². The fraction of sp³-hybridized carbons (Fsp3) is 0.500. The first-order valence-electron chi connectivity index (χ1n) is 9.20. The molecule has 0 aliphatic carbocycles. The van der Waals surface area contributed by atoms with Gasteiger partial charge in [-0.25, -0.2) is 4.98 Å². The highest BCUT2D eigenvalue weighted by Gasteiger charge is 2.23. The third kappa shape index (κ3) is 4.64. The molecule has 1 aromatic heterocycles. The normalized spacial score (nSPS) is 15.9. The fourth-order valence-electron chi connectivity index (χ4n) is 3.20. The Morgan fingerprint density at radius 1 is 1.12 bits per heavy atom. The van der Waals surface area contributed by atoms with Crippen molar-refractivity contribution in [2.45, 2.75) is 33.2 Å². The second-order valence-electron chi connectivity index (χ2n) is 7.99. The van der Waals surface area contributed by atoms with E-state index in [0.717, 1.165) is 37.8 Å². The number of amides is 1. The van der Waals surface area contributed by atoms with Gasteiger partial charge in [0.25, 0.3) is 0 Å². The molecule has 1 saturated heterocycles. The van der Waals surface area contributed by atoms with Crippen LogP contribution >= 0.6 is 0 Å². The van der Waals surface area contributed by atoms with Gasteiger partial charge < -0.3 is 10.2 Å². The van der Waals surface area contributed by atoms with Crippen molar-refractivity contribution in [1.82, 2.24) is 19.8 Å². The molecular formula is C20H29N5O. The minimum absolute atomic E-state index is 0.0899. The molecule has 1 amide bonds. The number of anilines is 1. The van der Waals surface area contributed by atoms with E-state index >= 15 is 0 Å². The second-order valence-corrected chi connectivity index (χ2v) is 7.99. The van der Waals surface area contributed by atoms with Crippen LogP contribution in [0.15, 0.2) is 36.7 Å². The molecule has 0 spiro atoms. The van der Waals surface area contributed by atoms with Crippen LogP contribution in [0.25, 0.3) is 5.69 Å². The van der Waals surface area contributed by atoms with Gasteiger partial charge in [-0.3, -0.25) is 14.3 Å². The largest absolute Gasteiger partial charge is 0.350 e. The topological polar surface area (TPSA) is 53.4 Å². The minimum Gasteiger partial charge on any atom is -0.350 e. The molecule has 0 bridgehead atoms. The number of carbonyl (C=O) groups is 1. The van der Waals surface area contributed by atoms with Crippen molar-refractivity contribution in [2.24, 2.45) is 0 Å². The molecule has 2 heterocycles. The second kappa shape index (κ2) is 7.50. The molecule has 2 aromatic rings. The van der Waals surface area contributed by atoms with Gasteiger partial charge in [-0.1, -0.05) is 17.7 Å². The molecule has 1 aliphatic rings. The first-order chi connectivity index (χ1) is 12.3. The third-order valence-electron chi connectivity index (χ3n) is 4.47. The highest BCUT2D eigenvalue weighted by molar-refractivity contribution is 5.78. The lowest BCUT2D eigenvalue weighted by Crippen LogP contribution is -2.52. The number of benzene rings is 1. The maximum absolute atomic E-state index is 12.1. The van der Waals surface area contributed by atoms with Crippen molar-refractivity contribution in [1.29, 1.82) is 0 Å². The summed E-state index contributed by atoms with van der Waals surface area (Å²) in [7, 11) is 0. The van der Waals surface area contributed by atoms with Crippen LogP contribution < -0.4 is 10.2 Å². The zero-order valence-corrected chi connectivity index (χ0v) is 16.2. The number of nitrogens with zero attached hydrogens (tertiary/aromatic N) is 4. The molecule has 1 N–H and O–H groups in total. The lowest BCUT2D eigenvalue weighted by atomic mass is 10.1. The zero-order valence-electron chi connectivity index (χ0n) is 16.2. The summed E-state index contributed by atoms with van der Waals surface area (Å²) in [6.45, 7) is 12.0. The van der Waals surface area contributed by atoms with Crippen LogP contribution in [0.3, 0.4) is 0 Å². The van der Waals surface area contributed by atoms with Crippen LogP contribution in [0.4, 0.5) is 5.95 Å². The number of aromatic nitrogens is 2. The molecule has 26 heavy (non-hydrogen) atoms. The molecule has 1 aliphatic heterocycles. The number of nitrogens with one attached hydrogen (secondary N) is 1. The summed E-state index contributed by atoms with van der Waals surface area (Å²) in [6.07, 6.45) is 3.85. The van der Waals surface area contributed by atoms with Crippen LogP contribution in [-0.4, -0.2) is 58.6 Å². The van der Waals surface area contributed by atoms with Crippen molar-refractivity contribution in [2.75, 3.05) is 37.6 Å². The predicted molar refractivity (Wildman–Crippen MR) is 105 cm³/mol. The van der Waals surface area contributed by atoms with Gasteiger partial charge in [0.05, 0.1) is 6.54 Å². The maximum Gasteiger partial charge on any atom is 0.234 e. The molecule has 0 unspecified atom stereocenters. The summed E-state index contributed by atoms with van der Waals surface area (Å²) < 4.78 is 2.13. The summed E-state index contributed by atoms with van der Waals surface area (Å²) in [6, 6.07) is 8.47. The average molecular weight is 355 g/mol. The molecular weight excluding hydrogens is 326 g/mol. The van der Waals surface area contributed by atoms with Gasteiger partial charge in [-0.05, 0) is 39.8 Å². The fourth-order valence-corrected chi connectivity index (χ4v) is 3.20. The van der Waals surface area contributed by atoms with Crippen LogP contribution in [0.1, 0.15) is 26.3 Å². The standard InChI is InChI=1S/C20H29N5O/c1-16-5-7-17(8-6-16)25-10-9-21-19(25)24-13-11-23(12-14-24)15-18(26)22-20(2,3)4/h5-10H,11-15H2,1-4H3,(H,22,26). The first kappa shape index (κ1) is 18.5. The minimum atomic E-state index is -0.183. The molecule has 6 heteroatoms. The number of imidazole rings is 1. The smallest absolute Gasteiger partial charge is 0.234 e. The Balaban J connectivity index is 1.60. The van der Waals surface area contributed by atoms with Gasteiger partial charge in [0.2, 0.25) is 11.9 Å². The van der Waals surface area contributed by atoms with Crippen LogP contribution in [0, 0.1) is 6.92 Å². The monoisotopic (exact) mass is 355 g/mol. The number of hydrogen-bond acceptors (Lipinski definition) is 4. The molecule has 0 saturated carbocycles. The van der Waals surface area contributed by atoms with E-state index in [1.54, 1.807) is 0 Å². The first-order valence-corrected chi connectivity index (χ1v) is 9.20. The van der Waals surface area contributed by atoms with Crippen molar-refractivity contribution in [3.05, 3.63) is 42.2 Å². The predicted octanol–water partition coefficient (Wildman–Crippen LogP) is 2.22. The molecule has 6 nitrogen and oxygen atoms in total. The lowest BCUT2D eigenvalue weighted by Gasteiger charge is -2.35. The van der Waals surface area contributed by atoms with Gasteiger partial charge >= 0.3 is 0 Å². The summed E-state index contributed by atoms with van der Waals surface area (Å²) >= 11 is 0. The molecule has 3 rings (SSSR count). The maximum atomic E-state index is 12.1. The van der Waals surface area contributed by atoms with E-state index in [9.17, 15) is 4.79 Å². The molecule has 140 valence electrons. The van der Waals surface area contributed by atoms with E-state index in [0.29, 0.717) is 6.54 Å². The van der Waals surface area contributed by atoms with E-state index in [4.69, 9.17) is 0 Å². The quantitative estimate of drug-likeness (QED) is 0.914. The molecule has 1 fully saturated rings. The Labute approximate surface area is 155 Å². The summed E-state index contributed by atoms with van der Waals surface area (Å²) in [5.74, 6) is 1.06. The Bertz CT molecular complexity index is 736. The number of rotatable bonds is 4. The SMILES string of the molecule is Cc1ccc(-n2ccnc2N2CCN(CC(=O)NC(C)(C)C)CC2)cc1.